The number of rotatable bonds is 4. The van der Waals surface area contributed by atoms with Crippen LogP contribution in [0.2, 0.25) is 0 Å². The number of hydrogen-bond acceptors (Lipinski definition) is 5. The van der Waals surface area contributed by atoms with Crippen molar-refractivity contribution in [1.29, 1.82) is 0 Å². The molecule has 0 unspecified atom stereocenters. The van der Waals surface area contributed by atoms with Crippen LogP contribution in [-0.4, -0.2) is 27.9 Å². The summed E-state index contributed by atoms with van der Waals surface area (Å²) in [5, 5.41) is 12.4. The van der Waals surface area contributed by atoms with Gasteiger partial charge < -0.3 is 16.2 Å². The van der Waals surface area contributed by atoms with Gasteiger partial charge in [0.2, 0.25) is 5.91 Å². The van der Waals surface area contributed by atoms with Gasteiger partial charge in [0.15, 0.2) is 5.13 Å². The highest BCUT2D eigenvalue weighted by molar-refractivity contribution is 7.15. The van der Waals surface area contributed by atoms with Crippen LogP contribution in [0.15, 0.2) is 6.20 Å². The van der Waals surface area contributed by atoms with E-state index in [9.17, 15) is 9.90 Å². The van der Waals surface area contributed by atoms with Gasteiger partial charge in [-0.25, -0.2) is 4.98 Å². The molecule has 0 spiro atoms. The number of amides is 1. The first-order valence-electron chi connectivity index (χ1n) is 5.55. The van der Waals surface area contributed by atoms with Crippen LogP contribution in [0.4, 0.5) is 5.13 Å². The van der Waals surface area contributed by atoms with Crippen LogP contribution in [0, 0.1) is 5.41 Å². The number of nitrogens with one attached hydrogen (secondary N) is 1. The fraction of sp³-hybridized carbons (Fsp3) is 0.636. The molecule has 0 fully saturated rings. The van der Waals surface area contributed by atoms with Crippen molar-refractivity contribution in [3.05, 3.63) is 11.1 Å². The second-order valence-corrected chi connectivity index (χ2v) is 6.59. The number of alkyl halides is 1. The molecule has 18 heavy (non-hydrogen) atoms. The zero-order chi connectivity index (χ0) is 13.9. The number of halogens is 1. The van der Waals surface area contributed by atoms with Crippen LogP contribution < -0.4 is 11.1 Å². The Hall–Kier alpha value is -0.690. The number of aromatic nitrogens is 1. The zero-order valence-electron chi connectivity index (χ0n) is 10.6. The number of aliphatic hydroxyl groups excluding tert-OH is 1. The van der Waals surface area contributed by atoms with E-state index in [1.54, 1.807) is 0 Å². The molecule has 5 nitrogen and oxygen atoms in total. The molecule has 0 aliphatic carbocycles. The maximum Gasteiger partial charge on any atom is 0.231 e. The van der Waals surface area contributed by atoms with Crippen molar-refractivity contribution in [3.63, 3.8) is 0 Å². The van der Waals surface area contributed by atoms with Gasteiger partial charge in [0.25, 0.3) is 0 Å². The van der Waals surface area contributed by atoms with E-state index < -0.39 is 16.9 Å². The zero-order valence-corrected chi connectivity index (χ0v) is 12.2. The van der Waals surface area contributed by atoms with Crippen molar-refractivity contribution in [2.24, 2.45) is 11.1 Å². The Balaban J connectivity index is 2.72. The van der Waals surface area contributed by atoms with E-state index in [-0.39, 0.29) is 12.5 Å². The van der Waals surface area contributed by atoms with Crippen molar-refractivity contribution in [2.75, 3.05) is 11.9 Å². The number of aliphatic hydroxyl groups is 1. The quantitative estimate of drug-likeness (QED) is 0.737. The Morgan fingerprint density at radius 1 is 1.67 bits per heavy atom. The van der Waals surface area contributed by atoms with Gasteiger partial charge in [-0.1, -0.05) is 32.1 Å². The summed E-state index contributed by atoms with van der Waals surface area (Å²) in [6.45, 7) is 5.61. The molecule has 0 aliphatic heterocycles. The molecule has 0 saturated carbocycles. The van der Waals surface area contributed by atoms with E-state index in [4.69, 9.17) is 17.3 Å². The summed E-state index contributed by atoms with van der Waals surface area (Å²) >= 11 is 7.05. The van der Waals surface area contributed by atoms with Crippen LogP contribution in [0.1, 0.15) is 31.8 Å². The number of carbonyl (C=O) groups is 1. The third kappa shape index (κ3) is 3.91. The molecule has 4 N–H and O–H groups in total. The molecule has 7 heteroatoms. The Labute approximate surface area is 115 Å². The highest BCUT2D eigenvalue weighted by Crippen LogP contribution is 2.29. The smallest absolute Gasteiger partial charge is 0.231 e. The predicted octanol–water partition coefficient (Wildman–Crippen LogP) is 1.73. The minimum atomic E-state index is -0.866. The summed E-state index contributed by atoms with van der Waals surface area (Å²) in [5.74, 6) is -0.126. The average Bonchev–Trinajstić information content (AvgIpc) is 2.74. The number of anilines is 1. The van der Waals surface area contributed by atoms with Crippen molar-refractivity contribution in [2.45, 2.75) is 32.3 Å². The van der Waals surface area contributed by atoms with E-state index in [0.717, 1.165) is 0 Å². The van der Waals surface area contributed by atoms with E-state index >= 15 is 0 Å². The molecular weight excluding hydrogens is 274 g/mol. The summed E-state index contributed by atoms with van der Waals surface area (Å²) in [7, 11) is 0. The lowest BCUT2D eigenvalue weighted by Crippen LogP contribution is -2.27. The van der Waals surface area contributed by atoms with Gasteiger partial charge in [0.1, 0.15) is 6.10 Å². The van der Waals surface area contributed by atoms with Crippen LogP contribution in [0.25, 0.3) is 0 Å². The number of nitrogens with zero attached hydrogens (tertiary/aromatic N) is 1. The van der Waals surface area contributed by atoms with Gasteiger partial charge >= 0.3 is 0 Å². The first-order chi connectivity index (χ1) is 8.25. The SMILES string of the molecule is CC(C)(C)C(=O)Nc1ncc([C@H](O)[C@@H](Cl)CN)s1. The lowest BCUT2D eigenvalue weighted by molar-refractivity contribution is -0.123. The molecule has 2 atom stereocenters. The third-order valence-corrected chi connectivity index (χ3v) is 3.68. The lowest BCUT2D eigenvalue weighted by Gasteiger charge is -2.16. The summed E-state index contributed by atoms with van der Waals surface area (Å²) in [6, 6.07) is 0. The Morgan fingerprint density at radius 2 is 2.28 bits per heavy atom. The maximum absolute atomic E-state index is 11.8. The summed E-state index contributed by atoms with van der Waals surface area (Å²) in [4.78, 5) is 16.4. The van der Waals surface area contributed by atoms with Gasteiger partial charge in [-0.05, 0) is 0 Å². The maximum atomic E-state index is 11.8. The highest BCUT2D eigenvalue weighted by atomic mass is 35.5. The summed E-state index contributed by atoms with van der Waals surface area (Å²) < 4.78 is 0. The molecule has 1 rings (SSSR count). The molecule has 0 aromatic carbocycles. The van der Waals surface area contributed by atoms with Crippen LogP contribution >= 0.6 is 22.9 Å². The lowest BCUT2D eigenvalue weighted by atomic mass is 9.96. The Bertz CT molecular complexity index is 417. The molecular formula is C11H18ClN3O2S. The molecule has 0 radical (unpaired) electrons. The topological polar surface area (TPSA) is 88.2 Å². The molecule has 1 aromatic rings. The van der Waals surface area contributed by atoms with E-state index in [1.165, 1.54) is 17.5 Å². The normalized spacial score (nSPS) is 15.2. The molecule has 102 valence electrons. The van der Waals surface area contributed by atoms with Gasteiger partial charge in [0.05, 0.1) is 10.3 Å². The molecule has 1 amide bonds. The van der Waals surface area contributed by atoms with Crippen LogP contribution in [0.5, 0.6) is 0 Å². The Morgan fingerprint density at radius 3 is 2.78 bits per heavy atom. The van der Waals surface area contributed by atoms with Crippen LogP contribution in [0.3, 0.4) is 0 Å². The van der Waals surface area contributed by atoms with E-state index in [1.807, 2.05) is 20.8 Å². The number of nitrogens with two attached hydrogens (primary N) is 1. The number of hydrogen-bond donors (Lipinski definition) is 3. The monoisotopic (exact) mass is 291 g/mol. The van der Waals surface area contributed by atoms with Crippen LogP contribution in [-0.2, 0) is 4.79 Å². The van der Waals surface area contributed by atoms with Gasteiger partial charge in [-0.3, -0.25) is 4.79 Å². The van der Waals surface area contributed by atoms with Gasteiger partial charge in [-0.15, -0.1) is 11.6 Å². The summed E-state index contributed by atoms with van der Waals surface area (Å²) in [6.07, 6.45) is 0.632. The standard InChI is InChI=1S/C11H18ClN3O2S/c1-11(2,3)9(17)15-10-14-5-7(18-10)8(16)6(12)4-13/h5-6,8,16H,4,13H2,1-3H3,(H,14,15,17)/t6-,8+/m0/s1. The summed E-state index contributed by atoms with van der Waals surface area (Å²) in [5.41, 5.74) is 4.89. The predicted molar refractivity (Wildman–Crippen MR) is 73.9 cm³/mol. The minimum absolute atomic E-state index is 0.126. The van der Waals surface area contributed by atoms with Crippen molar-refractivity contribution in [1.82, 2.24) is 4.98 Å². The molecule has 0 bridgehead atoms. The van der Waals surface area contributed by atoms with Crippen molar-refractivity contribution in [3.8, 4) is 0 Å². The van der Waals surface area contributed by atoms with Crippen molar-refractivity contribution >= 4 is 34.0 Å². The van der Waals surface area contributed by atoms with Gasteiger partial charge in [0, 0.05) is 18.2 Å². The van der Waals surface area contributed by atoms with E-state index in [0.29, 0.717) is 10.0 Å². The molecule has 1 aromatic heterocycles. The molecule has 1 heterocycles. The first kappa shape index (κ1) is 15.4. The molecule has 0 saturated heterocycles. The average molecular weight is 292 g/mol. The molecule has 0 aliphatic rings. The minimum Gasteiger partial charge on any atom is -0.386 e. The number of carbonyl (C=O) groups excluding carboxylic acids is 1. The first-order valence-corrected chi connectivity index (χ1v) is 6.80. The van der Waals surface area contributed by atoms with Gasteiger partial charge in [-0.2, -0.15) is 0 Å². The third-order valence-electron chi connectivity index (χ3n) is 2.28. The largest absolute Gasteiger partial charge is 0.386 e. The second-order valence-electron chi connectivity index (χ2n) is 4.97. The Kier molecular flexibility index (Phi) is 5.10. The highest BCUT2D eigenvalue weighted by Gasteiger charge is 2.24. The number of thiazole rings is 1. The fourth-order valence-corrected chi connectivity index (χ4v) is 2.15. The second kappa shape index (κ2) is 5.97. The fourth-order valence-electron chi connectivity index (χ4n) is 1.07. The van der Waals surface area contributed by atoms with Crippen molar-refractivity contribution < 1.29 is 9.90 Å². The van der Waals surface area contributed by atoms with E-state index in [2.05, 4.69) is 10.3 Å².